The van der Waals surface area contributed by atoms with Crippen LogP contribution in [0.2, 0.25) is 0 Å². The molecule has 0 spiro atoms. The molecule has 1 aromatic heterocycles. The first-order chi connectivity index (χ1) is 13.2. The first-order valence-corrected chi connectivity index (χ1v) is 9.81. The van der Waals surface area contributed by atoms with Gasteiger partial charge in [-0.05, 0) is 54.6 Å². The molecule has 2 aromatic carbocycles. The van der Waals surface area contributed by atoms with E-state index in [-0.39, 0.29) is 12.5 Å². The van der Waals surface area contributed by atoms with Gasteiger partial charge in [-0.15, -0.1) is 11.3 Å². The highest BCUT2D eigenvalue weighted by atomic mass is 32.1. The van der Waals surface area contributed by atoms with Gasteiger partial charge in [0.1, 0.15) is 4.88 Å². The van der Waals surface area contributed by atoms with Crippen molar-refractivity contribution >= 4 is 44.7 Å². The summed E-state index contributed by atoms with van der Waals surface area (Å²) >= 11 is 1.36. The minimum atomic E-state index is -0.476. The Bertz CT molecular complexity index is 926. The van der Waals surface area contributed by atoms with Crippen molar-refractivity contribution in [2.24, 2.45) is 0 Å². The zero-order chi connectivity index (χ0) is 18.6. The lowest BCUT2D eigenvalue weighted by molar-refractivity contribution is -0.119. The Morgan fingerprint density at radius 1 is 1.04 bits per heavy atom. The Hall–Kier alpha value is -2.86. The summed E-state index contributed by atoms with van der Waals surface area (Å²) < 4.78 is 6.17. The van der Waals surface area contributed by atoms with Crippen LogP contribution in [-0.4, -0.2) is 31.6 Å². The summed E-state index contributed by atoms with van der Waals surface area (Å²) in [5.74, 6) is -0.825. The van der Waals surface area contributed by atoms with Crippen molar-refractivity contribution in [3.8, 4) is 0 Å². The van der Waals surface area contributed by atoms with Gasteiger partial charge in [-0.25, -0.2) is 4.79 Å². The van der Waals surface area contributed by atoms with Gasteiger partial charge in [-0.3, -0.25) is 4.79 Å². The van der Waals surface area contributed by atoms with Crippen LogP contribution in [0.15, 0.2) is 54.6 Å². The molecule has 0 bridgehead atoms. The number of nitrogens with one attached hydrogen (secondary N) is 1. The van der Waals surface area contributed by atoms with Crippen LogP contribution in [0.25, 0.3) is 10.1 Å². The van der Waals surface area contributed by atoms with Gasteiger partial charge < -0.3 is 15.0 Å². The minimum Gasteiger partial charge on any atom is -0.451 e. The minimum absolute atomic E-state index is 0.305. The molecule has 0 atom stereocenters. The lowest BCUT2D eigenvalue weighted by atomic mass is 10.2. The fourth-order valence-corrected chi connectivity index (χ4v) is 4.17. The molecule has 0 unspecified atom stereocenters. The molecule has 0 radical (unpaired) electrons. The van der Waals surface area contributed by atoms with Crippen LogP contribution in [0.5, 0.6) is 0 Å². The molecule has 1 fully saturated rings. The van der Waals surface area contributed by atoms with E-state index in [0.29, 0.717) is 10.6 Å². The van der Waals surface area contributed by atoms with E-state index in [0.717, 1.165) is 23.2 Å². The van der Waals surface area contributed by atoms with Crippen molar-refractivity contribution in [1.82, 2.24) is 0 Å². The van der Waals surface area contributed by atoms with Gasteiger partial charge in [0.25, 0.3) is 5.91 Å². The molecule has 6 heteroatoms. The highest BCUT2D eigenvalue weighted by molar-refractivity contribution is 7.20. The molecule has 5 nitrogen and oxygen atoms in total. The normalized spacial score (nSPS) is 13.7. The Morgan fingerprint density at radius 3 is 2.52 bits per heavy atom. The molecule has 1 aliphatic rings. The monoisotopic (exact) mass is 380 g/mol. The number of hydrogen-bond acceptors (Lipinski definition) is 5. The maximum Gasteiger partial charge on any atom is 0.348 e. The Kier molecular flexibility index (Phi) is 5.07. The zero-order valence-electron chi connectivity index (χ0n) is 14.8. The Balaban J connectivity index is 1.30. The second kappa shape index (κ2) is 7.80. The van der Waals surface area contributed by atoms with Gasteiger partial charge in [-0.1, -0.05) is 18.2 Å². The molecule has 2 heterocycles. The third-order valence-corrected chi connectivity index (χ3v) is 5.68. The van der Waals surface area contributed by atoms with Crippen LogP contribution in [0.1, 0.15) is 22.5 Å². The van der Waals surface area contributed by atoms with Crippen molar-refractivity contribution < 1.29 is 14.3 Å². The van der Waals surface area contributed by atoms with Crippen molar-refractivity contribution in [2.45, 2.75) is 12.8 Å². The maximum absolute atomic E-state index is 12.2. The summed E-state index contributed by atoms with van der Waals surface area (Å²) in [5, 5.41) is 3.76. The quantitative estimate of drug-likeness (QED) is 0.671. The van der Waals surface area contributed by atoms with Crippen LogP contribution in [0.3, 0.4) is 0 Å². The number of esters is 1. The van der Waals surface area contributed by atoms with Crippen LogP contribution in [0.4, 0.5) is 11.4 Å². The van der Waals surface area contributed by atoms with Crippen molar-refractivity contribution in [3.05, 3.63) is 59.5 Å². The standard InChI is InChI=1S/C21H20N2O3S/c24-20(22-16-7-9-17(10-8-16)23-11-3-4-12-23)14-26-21(25)19-13-15-5-1-2-6-18(15)27-19/h1-2,5-10,13H,3-4,11-12,14H2,(H,22,24). The third-order valence-electron chi connectivity index (χ3n) is 4.58. The van der Waals surface area contributed by atoms with E-state index >= 15 is 0 Å². The first kappa shape index (κ1) is 17.5. The fourth-order valence-electron chi connectivity index (χ4n) is 3.21. The van der Waals surface area contributed by atoms with E-state index in [1.165, 1.54) is 29.9 Å². The number of anilines is 2. The van der Waals surface area contributed by atoms with Gasteiger partial charge in [0.05, 0.1) is 0 Å². The Labute approximate surface area is 161 Å². The highest BCUT2D eigenvalue weighted by Crippen LogP contribution is 2.26. The van der Waals surface area contributed by atoms with Gasteiger partial charge in [0.2, 0.25) is 0 Å². The van der Waals surface area contributed by atoms with E-state index in [4.69, 9.17) is 4.74 Å². The molecule has 1 N–H and O–H groups in total. The number of carbonyl (C=O) groups is 2. The number of fused-ring (bicyclic) bond motifs is 1. The SMILES string of the molecule is O=C(COC(=O)c1cc2ccccc2s1)Nc1ccc(N2CCCC2)cc1. The number of thiophene rings is 1. The van der Waals surface area contributed by atoms with Crippen molar-refractivity contribution in [2.75, 3.05) is 29.9 Å². The van der Waals surface area contributed by atoms with Gasteiger partial charge >= 0.3 is 5.97 Å². The maximum atomic E-state index is 12.2. The average Bonchev–Trinajstić information content (AvgIpc) is 3.36. The number of hydrogen-bond donors (Lipinski definition) is 1. The number of benzene rings is 2. The lowest BCUT2D eigenvalue weighted by Crippen LogP contribution is -2.21. The number of ether oxygens (including phenoxy) is 1. The summed E-state index contributed by atoms with van der Waals surface area (Å²) in [5.41, 5.74) is 1.86. The van der Waals surface area contributed by atoms with E-state index < -0.39 is 5.97 Å². The molecule has 0 aliphatic carbocycles. The molecule has 1 aliphatic heterocycles. The molecule has 27 heavy (non-hydrogen) atoms. The predicted octanol–water partition coefficient (Wildman–Crippen LogP) is 4.30. The van der Waals surface area contributed by atoms with Gasteiger partial charge in [0.15, 0.2) is 6.61 Å². The molecule has 3 aromatic rings. The summed E-state index contributed by atoms with van der Waals surface area (Å²) in [7, 11) is 0. The first-order valence-electron chi connectivity index (χ1n) is 8.99. The van der Waals surface area contributed by atoms with Crippen LogP contribution in [-0.2, 0) is 9.53 Å². The largest absolute Gasteiger partial charge is 0.451 e. The predicted molar refractivity (Wildman–Crippen MR) is 109 cm³/mol. The van der Waals surface area contributed by atoms with Gasteiger partial charge in [-0.2, -0.15) is 0 Å². The molecule has 1 amide bonds. The number of amides is 1. The smallest absolute Gasteiger partial charge is 0.348 e. The second-order valence-corrected chi connectivity index (χ2v) is 7.60. The highest BCUT2D eigenvalue weighted by Gasteiger charge is 2.14. The van der Waals surface area contributed by atoms with Crippen molar-refractivity contribution in [1.29, 1.82) is 0 Å². The third kappa shape index (κ3) is 4.11. The van der Waals surface area contributed by atoms with E-state index in [1.807, 2.05) is 48.5 Å². The number of carbonyl (C=O) groups excluding carboxylic acids is 2. The molecular formula is C21H20N2O3S. The summed E-state index contributed by atoms with van der Waals surface area (Å²) in [4.78, 5) is 27.1. The molecule has 4 rings (SSSR count). The number of rotatable bonds is 5. The van der Waals surface area contributed by atoms with Crippen molar-refractivity contribution in [3.63, 3.8) is 0 Å². The zero-order valence-corrected chi connectivity index (χ0v) is 15.6. The van der Waals surface area contributed by atoms with Gasteiger partial charge in [0, 0.05) is 29.2 Å². The number of nitrogens with zero attached hydrogens (tertiary/aromatic N) is 1. The summed E-state index contributed by atoms with van der Waals surface area (Å²) in [6.07, 6.45) is 2.45. The molecule has 0 saturated carbocycles. The van der Waals surface area contributed by atoms with Crippen LogP contribution >= 0.6 is 11.3 Å². The molecule has 1 saturated heterocycles. The van der Waals surface area contributed by atoms with E-state index in [9.17, 15) is 9.59 Å². The fraction of sp³-hybridized carbons (Fsp3) is 0.238. The second-order valence-electron chi connectivity index (χ2n) is 6.51. The van der Waals surface area contributed by atoms with E-state index in [2.05, 4.69) is 10.2 Å². The van der Waals surface area contributed by atoms with Crippen LogP contribution in [0, 0.1) is 0 Å². The Morgan fingerprint density at radius 2 is 1.78 bits per heavy atom. The lowest BCUT2D eigenvalue weighted by Gasteiger charge is -2.17. The average molecular weight is 380 g/mol. The topological polar surface area (TPSA) is 58.6 Å². The molecule has 138 valence electrons. The van der Waals surface area contributed by atoms with Crippen LogP contribution < -0.4 is 10.2 Å². The van der Waals surface area contributed by atoms with E-state index in [1.54, 1.807) is 6.07 Å². The summed E-state index contributed by atoms with van der Waals surface area (Å²) in [6.45, 7) is 1.86. The molecular weight excluding hydrogens is 360 g/mol. The summed E-state index contributed by atoms with van der Waals surface area (Å²) in [6, 6.07) is 17.3.